The average Bonchev–Trinajstić information content (AvgIpc) is 3.27. The van der Waals surface area contributed by atoms with Crippen LogP contribution in [0.15, 0.2) is 140 Å². The highest BCUT2D eigenvalue weighted by atomic mass is 14.4. The minimum atomic E-state index is -0.488. The van der Waals surface area contributed by atoms with Crippen molar-refractivity contribution in [3.63, 3.8) is 0 Å². The van der Waals surface area contributed by atoms with E-state index in [2.05, 4.69) is 174 Å². The SMILES string of the molecule is Cc1ccccc1C(c1ccccc1)(c1ccccc1)c1cccc(-c2c(C)ccc3c2C(C)(C)c2ccccc2-3)c1C. The van der Waals surface area contributed by atoms with Gasteiger partial charge in [0.1, 0.15) is 0 Å². The average molecular weight is 555 g/mol. The summed E-state index contributed by atoms with van der Waals surface area (Å²) in [4.78, 5) is 0. The van der Waals surface area contributed by atoms with Crippen molar-refractivity contribution in [2.75, 3.05) is 0 Å². The summed E-state index contributed by atoms with van der Waals surface area (Å²) in [6.45, 7) is 11.7. The summed E-state index contributed by atoms with van der Waals surface area (Å²) in [6, 6.07) is 51.7. The van der Waals surface area contributed by atoms with E-state index in [9.17, 15) is 0 Å². The maximum absolute atomic E-state index is 2.39. The summed E-state index contributed by atoms with van der Waals surface area (Å²) in [5.41, 5.74) is 16.8. The topological polar surface area (TPSA) is 0 Å². The maximum Gasteiger partial charge on any atom is 0.0706 e. The monoisotopic (exact) mass is 554 g/mol. The van der Waals surface area contributed by atoms with Crippen LogP contribution < -0.4 is 0 Å². The Kier molecular flexibility index (Phi) is 6.47. The van der Waals surface area contributed by atoms with Crippen LogP contribution in [0.25, 0.3) is 22.3 Å². The van der Waals surface area contributed by atoms with Gasteiger partial charge >= 0.3 is 0 Å². The van der Waals surface area contributed by atoms with Gasteiger partial charge in [0.05, 0.1) is 5.41 Å². The molecule has 43 heavy (non-hydrogen) atoms. The Morgan fingerprint density at radius 2 is 1.00 bits per heavy atom. The summed E-state index contributed by atoms with van der Waals surface area (Å²) in [5.74, 6) is 0. The Morgan fingerprint density at radius 1 is 0.442 bits per heavy atom. The quantitative estimate of drug-likeness (QED) is 0.186. The molecular formula is C43H38. The van der Waals surface area contributed by atoms with Gasteiger partial charge in [-0.2, -0.15) is 0 Å². The van der Waals surface area contributed by atoms with Crippen LogP contribution in [0.2, 0.25) is 0 Å². The summed E-state index contributed by atoms with van der Waals surface area (Å²) in [5, 5.41) is 0. The lowest BCUT2D eigenvalue weighted by molar-refractivity contribution is 0.661. The molecule has 0 saturated heterocycles. The zero-order chi connectivity index (χ0) is 29.8. The lowest BCUT2D eigenvalue weighted by Gasteiger charge is -2.39. The van der Waals surface area contributed by atoms with E-state index in [0.717, 1.165) is 0 Å². The van der Waals surface area contributed by atoms with Crippen molar-refractivity contribution < 1.29 is 0 Å². The molecule has 0 spiro atoms. The lowest BCUT2D eigenvalue weighted by Crippen LogP contribution is -2.33. The Bertz CT molecular complexity index is 1920. The van der Waals surface area contributed by atoms with Gasteiger partial charge < -0.3 is 0 Å². The van der Waals surface area contributed by atoms with Crippen molar-refractivity contribution in [3.8, 4) is 22.3 Å². The molecule has 210 valence electrons. The van der Waals surface area contributed by atoms with Gasteiger partial charge in [-0.3, -0.25) is 0 Å². The molecule has 0 nitrogen and oxygen atoms in total. The number of hydrogen-bond donors (Lipinski definition) is 0. The first kappa shape index (κ1) is 27.2. The molecule has 0 heterocycles. The second-order valence-electron chi connectivity index (χ2n) is 12.6. The van der Waals surface area contributed by atoms with Crippen LogP contribution in [0.5, 0.6) is 0 Å². The van der Waals surface area contributed by atoms with Gasteiger partial charge in [0.15, 0.2) is 0 Å². The molecule has 0 bridgehead atoms. The number of benzene rings is 6. The highest BCUT2D eigenvalue weighted by Crippen LogP contribution is 2.54. The third-order valence-corrected chi connectivity index (χ3v) is 9.90. The first-order valence-corrected chi connectivity index (χ1v) is 15.4. The van der Waals surface area contributed by atoms with E-state index in [1.54, 1.807) is 0 Å². The van der Waals surface area contributed by atoms with E-state index < -0.39 is 5.41 Å². The van der Waals surface area contributed by atoms with Crippen molar-refractivity contribution in [2.24, 2.45) is 0 Å². The Balaban J connectivity index is 1.59. The van der Waals surface area contributed by atoms with Crippen molar-refractivity contribution in [3.05, 3.63) is 190 Å². The molecule has 0 aromatic heterocycles. The fourth-order valence-electron chi connectivity index (χ4n) is 7.94. The van der Waals surface area contributed by atoms with E-state index in [0.29, 0.717) is 0 Å². The Morgan fingerprint density at radius 3 is 1.67 bits per heavy atom. The molecule has 0 amide bonds. The summed E-state index contributed by atoms with van der Waals surface area (Å²) in [6.07, 6.45) is 0. The number of aryl methyl sites for hydroxylation is 2. The molecule has 6 aromatic carbocycles. The third-order valence-electron chi connectivity index (χ3n) is 9.90. The van der Waals surface area contributed by atoms with Gasteiger partial charge in [0.2, 0.25) is 0 Å². The second kappa shape index (κ2) is 10.2. The second-order valence-corrected chi connectivity index (χ2v) is 12.6. The predicted octanol–water partition coefficient (Wildman–Crippen LogP) is 11.0. The zero-order valence-corrected chi connectivity index (χ0v) is 25.8. The normalized spacial score (nSPS) is 13.4. The molecule has 6 aromatic rings. The molecule has 0 N–H and O–H groups in total. The Hall–Kier alpha value is -4.68. The minimum Gasteiger partial charge on any atom is -0.0622 e. The van der Waals surface area contributed by atoms with E-state index in [1.807, 2.05) is 0 Å². The molecule has 1 aliphatic rings. The van der Waals surface area contributed by atoms with E-state index in [1.165, 1.54) is 72.3 Å². The zero-order valence-electron chi connectivity index (χ0n) is 25.8. The molecule has 7 rings (SSSR count). The fourth-order valence-corrected chi connectivity index (χ4v) is 7.94. The molecule has 0 atom stereocenters. The van der Waals surface area contributed by atoms with Crippen molar-refractivity contribution >= 4 is 0 Å². The fraction of sp³-hybridized carbons (Fsp3) is 0.163. The summed E-state index contributed by atoms with van der Waals surface area (Å²) < 4.78 is 0. The van der Waals surface area contributed by atoms with Crippen LogP contribution in [0.3, 0.4) is 0 Å². The molecule has 0 unspecified atom stereocenters. The van der Waals surface area contributed by atoms with E-state index in [4.69, 9.17) is 0 Å². The van der Waals surface area contributed by atoms with Gasteiger partial charge in [-0.1, -0.05) is 153 Å². The minimum absolute atomic E-state index is 0.0955. The highest BCUT2D eigenvalue weighted by Gasteiger charge is 2.42. The first-order chi connectivity index (χ1) is 20.9. The molecule has 0 aliphatic heterocycles. The molecule has 0 fully saturated rings. The van der Waals surface area contributed by atoms with Crippen LogP contribution in [0.4, 0.5) is 0 Å². The van der Waals surface area contributed by atoms with Crippen LogP contribution in [-0.4, -0.2) is 0 Å². The lowest BCUT2D eigenvalue weighted by atomic mass is 9.62. The van der Waals surface area contributed by atoms with Gasteiger partial charge in [-0.05, 0) is 93.1 Å². The standard InChI is InChI=1S/C43H38/c1-29-17-12-14-24-37(29)43(32-18-8-6-9-19-32,33-20-10-7-11-21-33)38-26-16-23-34(31(38)3)40-30(2)27-28-36-35-22-13-15-25-39(35)42(4,5)41(36)40/h6-28H,1-5H3. The largest absolute Gasteiger partial charge is 0.0706 e. The maximum atomic E-state index is 2.39. The molecule has 0 saturated carbocycles. The van der Waals surface area contributed by atoms with Crippen LogP contribution in [-0.2, 0) is 10.8 Å². The van der Waals surface area contributed by atoms with Gasteiger partial charge in [-0.25, -0.2) is 0 Å². The van der Waals surface area contributed by atoms with E-state index >= 15 is 0 Å². The first-order valence-electron chi connectivity index (χ1n) is 15.4. The van der Waals surface area contributed by atoms with Gasteiger partial charge in [-0.15, -0.1) is 0 Å². The molecule has 0 heteroatoms. The van der Waals surface area contributed by atoms with Gasteiger partial charge in [0.25, 0.3) is 0 Å². The molecular weight excluding hydrogens is 516 g/mol. The van der Waals surface area contributed by atoms with Crippen LogP contribution in [0.1, 0.15) is 63.9 Å². The van der Waals surface area contributed by atoms with Crippen molar-refractivity contribution in [1.29, 1.82) is 0 Å². The van der Waals surface area contributed by atoms with Crippen molar-refractivity contribution in [1.82, 2.24) is 0 Å². The highest BCUT2D eigenvalue weighted by molar-refractivity contribution is 5.90. The van der Waals surface area contributed by atoms with Gasteiger partial charge in [0, 0.05) is 5.41 Å². The van der Waals surface area contributed by atoms with Crippen LogP contribution in [0, 0.1) is 20.8 Å². The van der Waals surface area contributed by atoms with Crippen LogP contribution >= 0.6 is 0 Å². The summed E-state index contributed by atoms with van der Waals surface area (Å²) >= 11 is 0. The smallest absolute Gasteiger partial charge is 0.0622 e. The predicted molar refractivity (Wildman–Crippen MR) is 182 cm³/mol. The number of rotatable bonds is 5. The Labute approximate surface area is 256 Å². The summed E-state index contributed by atoms with van der Waals surface area (Å²) in [7, 11) is 0. The molecule has 0 radical (unpaired) electrons. The molecule has 1 aliphatic carbocycles. The number of hydrogen-bond acceptors (Lipinski definition) is 0. The van der Waals surface area contributed by atoms with Crippen molar-refractivity contribution in [2.45, 2.75) is 45.4 Å². The van der Waals surface area contributed by atoms with E-state index in [-0.39, 0.29) is 5.41 Å². The number of fused-ring (bicyclic) bond motifs is 3. The third kappa shape index (κ3) is 3.97.